The summed E-state index contributed by atoms with van der Waals surface area (Å²) in [7, 11) is 0. The van der Waals surface area contributed by atoms with Gasteiger partial charge in [-0.25, -0.2) is 0 Å². The van der Waals surface area contributed by atoms with E-state index < -0.39 is 5.41 Å². The Labute approximate surface area is 111 Å². The molecule has 2 rings (SSSR count). The molecule has 1 atom stereocenters. The van der Waals surface area contributed by atoms with Gasteiger partial charge in [0.1, 0.15) is 0 Å². The summed E-state index contributed by atoms with van der Waals surface area (Å²) in [5.74, 6) is -0.0231. The second-order valence-corrected chi connectivity index (χ2v) is 7.93. The van der Waals surface area contributed by atoms with Crippen LogP contribution in [0.25, 0.3) is 0 Å². The van der Waals surface area contributed by atoms with Crippen LogP contribution in [0.1, 0.15) is 13.3 Å². The van der Waals surface area contributed by atoms with Crippen molar-refractivity contribution in [2.45, 2.75) is 16.6 Å². The highest BCUT2D eigenvalue weighted by atomic mass is 79.9. The van der Waals surface area contributed by atoms with Gasteiger partial charge in [-0.1, -0.05) is 50.1 Å². The number of halogens is 2. The zero-order chi connectivity index (χ0) is 11.8. The van der Waals surface area contributed by atoms with Gasteiger partial charge in [-0.05, 0) is 25.5 Å². The van der Waals surface area contributed by atoms with Gasteiger partial charge in [-0.15, -0.1) is 0 Å². The maximum Gasteiger partial charge on any atom is 0.246 e. The Hall–Kier alpha value is -0.550. The van der Waals surface area contributed by atoms with Crippen molar-refractivity contribution < 1.29 is 4.79 Å². The van der Waals surface area contributed by atoms with Crippen LogP contribution >= 0.6 is 31.9 Å². The molecule has 0 radical (unpaired) electrons. The van der Waals surface area contributed by atoms with Crippen LogP contribution in [-0.2, 0) is 4.79 Å². The fourth-order valence-corrected chi connectivity index (χ4v) is 2.92. The van der Waals surface area contributed by atoms with E-state index in [9.17, 15) is 4.79 Å². The number of amides is 1. The highest BCUT2D eigenvalue weighted by molar-refractivity contribution is 9.25. The summed E-state index contributed by atoms with van der Waals surface area (Å²) in [5, 5.41) is 0. The molecule has 1 aromatic carbocycles. The zero-order valence-electron chi connectivity index (χ0n) is 8.76. The average Bonchev–Trinajstić information content (AvgIpc) is 2.78. The number of hydrazine groups is 1. The van der Waals surface area contributed by atoms with Gasteiger partial charge >= 0.3 is 0 Å². The summed E-state index contributed by atoms with van der Waals surface area (Å²) in [6.07, 6.45) is 0.780. The van der Waals surface area contributed by atoms with Crippen molar-refractivity contribution in [2.24, 2.45) is 5.41 Å². The van der Waals surface area contributed by atoms with Gasteiger partial charge in [0, 0.05) is 0 Å². The summed E-state index contributed by atoms with van der Waals surface area (Å²) < 4.78 is -0.255. The Morgan fingerprint density at radius 3 is 2.38 bits per heavy atom. The maximum atomic E-state index is 11.9. The van der Waals surface area contributed by atoms with Crippen molar-refractivity contribution in [3.63, 3.8) is 0 Å². The molecular weight excluding hydrogens is 336 g/mol. The van der Waals surface area contributed by atoms with Gasteiger partial charge in [-0.2, -0.15) is 0 Å². The van der Waals surface area contributed by atoms with E-state index in [1.807, 2.05) is 37.3 Å². The summed E-state index contributed by atoms with van der Waals surface area (Å²) in [4.78, 5) is 11.9. The fraction of sp³-hybridized carbons (Fsp3) is 0.364. The molecule has 0 aromatic heterocycles. The Kier molecular flexibility index (Phi) is 3.01. The molecule has 0 spiro atoms. The standard InChI is InChI=1S/C11H12Br2N2O/c1-10(7-11(10,12)13)9(16)15-14-8-5-3-2-4-6-8/h2-6,14H,7H2,1H3,(H,15,16)/t10-/m1/s1. The topological polar surface area (TPSA) is 41.1 Å². The largest absolute Gasteiger partial charge is 0.299 e. The van der Waals surface area contributed by atoms with Crippen molar-refractivity contribution in [2.75, 3.05) is 5.43 Å². The van der Waals surface area contributed by atoms with E-state index in [-0.39, 0.29) is 9.14 Å². The van der Waals surface area contributed by atoms with Crippen LogP contribution in [0.3, 0.4) is 0 Å². The number of carbonyl (C=O) groups excluding carboxylic acids is 1. The number of anilines is 1. The van der Waals surface area contributed by atoms with Gasteiger partial charge in [0.25, 0.3) is 0 Å². The summed E-state index contributed by atoms with van der Waals surface area (Å²) >= 11 is 6.93. The van der Waals surface area contributed by atoms with Crippen LogP contribution in [0.15, 0.2) is 30.3 Å². The van der Waals surface area contributed by atoms with E-state index in [4.69, 9.17) is 0 Å². The normalized spacial score (nSPS) is 25.9. The van der Waals surface area contributed by atoms with Gasteiger partial charge in [0.05, 0.1) is 14.3 Å². The Morgan fingerprint density at radius 1 is 1.31 bits per heavy atom. The van der Waals surface area contributed by atoms with E-state index in [1.54, 1.807) is 0 Å². The molecule has 0 aliphatic heterocycles. The number of carbonyl (C=O) groups is 1. The Balaban J connectivity index is 1.91. The molecule has 1 amide bonds. The lowest BCUT2D eigenvalue weighted by molar-refractivity contribution is -0.125. The SMILES string of the molecule is C[C@]1(C(=O)NNc2ccccc2)CC1(Br)Br. The van der Waals surface area contributed by atoms with E-state index in [0.717, 1.165) is 12.1 Å². The monoisotopic (exact) mass is 346 g/mol. The first-order valence-corrected chi connectivity index (χ1v) is 6.54. The van der Waals surface area contributed by atoms with Crippen LogP contribution in [0.4, 0.5) is 5.69 Å². The van der Waals surface area contributed by atoms with Crippen LogP contribution in [-0.4, -0.2) is 9.14 Å². The van der Waals surface area contributed by atoms with Crippen molar-refractivity contribution in [1.82, 2.24) is 5.43 Å². The predicted octanol–water partition coefficient (Wildman–Crippen LogP) is 3.03. The molecule has 2 N–H and O–H groups in total. The minimum atomic E-state index is -0.394. The number of nitrogens with one attached hydrogen (secondary N) is 2. The average molecular weight is 348 g/mol. The van der Waals surface area contributed by atoms with Gasteiger partial charge < -0.3 is 0 Å². The minimum Gasteiger partial charge on any atom is -0.299 e. The van der Waals surface area contributed by atoms with Crippen molar-refractivity contribution in [3.05, 3.63) is 30.3 Å². The van der Waals surface area contributed by atoms with E-state index in [2.05, 4.69) is 42.7 Å². The van der Waals surface area contributed by atoms with Crippen molar-refractivity contribution in [1.29, 1.82) is 0 Å². The molecule has 0 saturated heterocycles. The van der Waals surface area contributed by atoms with Crippen LogP contribution in [0.2, 0.25) is 0 Å². The lowest BCUT2D eigenvalue weighted by atomic mass is 10.1. The van der Waals surface area contributed by atoms with Crippen molar-refractivity contribution >= 4 is 43.5 Å². The summed E-state index contributed by atoms with van der Waals surface area (Å²) in [6, 6.07) is 9.53. The first-order valence-electron chi connectivity index (χ1n) is 4.95. The van der Waals surface area contributed by atoms with Gasteiger partial charge in [0.15, 0.2) is 0 Å². The molecule has 1 aromatic rings. The van der Waals surface area contributed by atoms with Crippen LogP contribution < -0.4 is 10.9 Å². The summed E-state index contributed by atoms with van der Waals surface area (Å²) in [6.45, 7) is 1.92. The second kappa shape index (κ2) is 4.04. The second-order valence-electron chi connectivity index (χ2n) is 4.16. The summed E-state index contributed by atoms with van der Waals surface area (Å²) in [5.41, 5.74) is 6.07. The molecule has 1 aliphatic rings. The molecular formula is C11H12Br2N2O. The highest BCUT2D eigenvalue weighted by Gasteiger charge is 2.66. The molecule has 86 valence electrons. The molecule has 3 nitrogen and oxygen atoms in total. The van der Waals surface area contributed by atoms with E-state index in [0.29, 0.717) is 0 Å². The molecule has 5 heteroatoms. The predicted molar refractivity (Wildman–Crippen MR) is 71.5 cm³/mol. The molecule has 0 unspecified atom stereocenters. The third-order valence-corrected chi connectivity index (χ3v) is 5.16. The quantitative estimate of drug-likeness (QED) is 0.651. The van der Waals surface area contributed by atoms with Crippen LogP contribution in [0, 0.1) is 5.41 Å². The first kappa shape index (κ1) is 11.9. The first-order chi connectivity index (χ1) is 7.46. The fourth-order valence-electron chi connectivity index (χ4n) is 1.43. The number of para-hydroxylation sites is 1. The smallest absolute Gasteiger partial charge is 0.246 e. The minimum absolute atomic E-state index is 0.0231. The number of alkyl halides is 2. The maximum absolute atomic E-state index is 11.9. The zero-order valence-corrected chi connectivity index (χ0v) is 11.9. The third kappa shape index (κ3) is 2.11. The van der Waals surface area contributed by atoms with Gasteiger partial charge in [-0.3, -0.25) is 15.6 Å². The van der Waals surface area contributed by atoms with E-state index in [1.165, 1.54) is 0 Å². The number of rotatable bonds is 3. The molecule has 0 bridgehead atoms. The Morgan fingerprint density at radius 2 is 1.88 bits per heavy atom. The molecule has 16 heavy (non-hydrogen) atoms. The molecule has 1 fully saturated rings. The molecule has 1 aliphatic carbocycles. The third-order valence-electron chi connectivity index (χ3n) is 2.85. The Bertz CT molecular complexity index is 408. The van der Waals surface area contributed by atoms with Crippen molar-refractivity contribution in [3.8, 4) is 0 Å². The number of hydrogen-bond donors (Lipinski definition) is 2. The highest BCUT2D eigenvalue weighted by Crippen LogP contribution is 2.66. The molecule has 0 heterocycles. The molecule has 1 saturated carbocycles. The van der Waals surface area contributed by atoms with Crippen LogP contribution in [0.5, 0.6) is 0 Å². The lowest BCUT2D eigenvalue weighted by Gasteiger charge is -2.14. The lowest BCUT2D eigenvalue weighted by Crippen LogP contribution is -2.37. The number of benzene rings is 1. The van der Waals surface area contributed by atoms with Gasteiger partial charge in [0.2, 0.25) is 5.91 Å². The van der Waals surface area contributed by atoms with E-state index >= 15 is 0 Å². The number of hydrogen-bond acceptors (Lipinski definition) is 2.